The minimum absolute atomic E-state index is 0.00781. The van der Waals surface area contributed by atoms with Crippen LogP contribution in [-0.2, 0) is 14.8 Å². The first-order chi connectivity index (χ1) is 12.0. The van der Waals surface area contributed by atoms with Crippen molar-refractivity contribution in [2.75, 3.05) is 32.8 Å². The molecule has 1 amide bonds. The molecule has 0 spiro atoms. The lowest BCUT2D eigenvalue weighted by Gasteiger charge is -2.30. The lowest BCUT2D eigenvalue weighted by atomic mass is 9.97. The van der Waals surface area contributed by atoms with E-state index >= 15 is 0 Å². The van der Waals surface area contributed by atoms with Crippen LogP contribution in [0.25, 0.3) is 0 Å². The number of hydrogen-bond donors (Lipinski definition) is 2. The van der Waals surface area contributed by atoms with Gasteiger partial charge in [0.2, 0.25) is 15.9 Å². The van der Waals surface area contributed by atoms with E-state index in [-0.39, 0.29) is 16.7 Å². The van der Waals surface area contributed by atoms with E-state index in [1.165, 1.54) is 4.31 Å². The largest absolute Gasteiger partial charge is 0.494 e. The number of piperidine rings is 1. The van der Waals surface area contributed by atoms with Crippen LogP contribution in [0.1, 0.15) is 26.2 Å². The molecular formula is C17H27N3O4S. The van der Waals surface area contributed by atoms with Crippen molar-refractivity contribution in [3.63, 3.8) is 0 Å². The van der Waals surface area contributed by atoms with E-state index < -0.39 is 10.0 Å². The maximum absolute atomic E-state index is 12.7. The maximum atomic E-state index is 12.7. The number of hydrogen-bond acceptors (Lipinski definition) is 5. The molecule has 0 aromatic heterocycles. The molecule has 8 heteroatoms. The van der Waals surface area contributed by atoms with Crippen molar-refractivity contribution in [1.29, 1.82) is 0 Å². The van der Waals surface area contributed by atoms with Crippen LogP contribution in [0.2, 0.25) is 0 Å². The number of carbonyl (C=O) groups is 1. The zero-order chi connectivity index (χ0) is 18.3. The van der Waals surface area contributed by atoms with Gasteiger partial charge in [0.1, 0.15) is 5.75 Å². The first kappa shape index (κ1) is 19.7. The number of nitrogens with two attached hydrogens (primary N) is 1. The summed E-state index contributed by atoms with van der Waals surface area (Å²) in [7, 11) is -3.53. The van der Waals surface area contributed by atoms with E-state index in [1.807, 2.05) is 6.92 Å². The zero-order valence-electron chi connectivity index (χ0n) is 14.6. The predicted octanol–water partition coefficient (Wildman–Crippen LogP) is 0.951. The molecule has 1 aliphatic heterocycles. The van der Waals surface area contributed by atoms with Gasteiger partial charge in [0, 0.05) is 25.6 Å². The second kappa shape index (κ2) is 9.17. The number of rotatable bonds is 8. The lowest BCUT2D eigenvalue weighted by Crippen LogP contribution is -2.43. The average Bonchev–Trinajstić information content (AvgIpc) is 2.63. The molecule has 0 bridgehead atoms. The minimum Gasteiger partial charge on any atom is -0.494 e. The summed E-state index contributed by atoms with van der Waals surface area (Å²) < 4.78 is 32.2. The third kappa shape index (κ3) is 5.17. The number of sulfonamides is 1. The summed E-state index contributed by atoms with van der Waals surface area (Å²) in [6.45, 7) is 4.22. The van der Waals surface area contributed by atoms with Gasteiger partial charge in [0.05, 0.1) is 11.5 Å². The molecule has 7 nitrogen and oxygen atoms in total. The van der Waals surface area contributed by atoms with Crippen molar-refractivity contribution in [3.05, 3.63) is 24.3 Å². The van der Waals surface area contributed by atoms with Crippen molar-refractivity contribution in [3.8, 4) is 5.75 Å². The van der Waals surface area contributed by atoms with Gasteiger partial charge >= 0.3 is 0 Å². The summed E-state index contributed by atoms with van der Waals surface area (Å²) in [5.41, 5.74) is 5.41. The summed E-state index contributed by atoms with van der Waals surface area (Å²) in [5, 5.41) is 2.86. The molecule has 1 heterocycles. The van der Waals surface area contributed by atoms with Crippen LogP contribution in [0.15, 0.2) is 29.2 Å². The molecule has 0 saturated carbocycles. The van der Waals surface area contributed by atoms with Crippen LogP contribution in [-0.4, -0.2) is 51.4 Å². The standard InChI is InChI=1S/C17H27N3O4S/c1-2-24-15-4-6-16(7-5-15)25(22,23)20-12-8-14(9-13-20)17(21)19-11-3-10-18/h4-7,14H,2-3,8-13,18H2,1H3,(H,19,21). The van der Waals surface area contributed by atoms with Gasteiger partial charge in [-0.15, -0.1) is 0 Å². The van der Waals surface area contributed by atoms with Crippen LogP contribution in [0, 0.1) is 5.92 Å². The molecule has 0 radical (unpaired) electrons. The van der Waals surface area contributed by atoms with E-state index in [0.29, 0.717) is 51.4 Å². The SMILES string of the molecule is CCOc1ccc(S(=O)(=O)N2CCC(C(=O)NCCCN)CC2)cc1. The molecular weight excluding hydrogens is 342 g/mol. The van der Waals surface area contributed by atoms with Crippen molar-refractivity contribution in [2.45, 2.75) is 31.1 Å². The molecule has 0 unspecified atom stereocenters. The second-order valence-corrected chi connectivity index (χ2v) is 7.95. The quantitative estimate of drug-likeness (QED) is 0.664. The fourth-order valence-corrected chi connectivity index (χ4v) is 4.31. The van der Waals surface area contributed by atoms with E-state index in [2.05, 4.69) is 5.32 Å². The summed E-state index contributed by atoms with van der Waals surface area (Å²) >= 11 is 0. The van der Waals surface area contributed by atoms with Gasteiger partial charge in [0.25, 0.3) is 0 Å². The van der Waals surface area contributed by atoms with Crippen LogP contribution in [0.4, 0.5) is 0 Å². The van der Waals surface area contributed by atoms with Gasteiger partial charge in [-0.2, -0.15) is 4.31 Å². The predicted molar refractivity (Wildman–Crippen MR) is 95.8 cm³/mol. The highest BCUT2D eigenvalue weighted by atomic mass is 32.2. The van der Waals surface area contributed by atoms with Crippen LogP contribution in [0.3, 0.4) is 0 Å². The van der Waals surface area contributed by atoms with Crippen molar-refractivity contribution >= 4 is 15.9 Å². The van der Waals surface area contributed by atoms with E-state index in [0.717, 1.165) is 6.42 Å². The third-order valence-corrected chi connectivity index (χ3v) is 6.19. The molecule has 2 rings (SSSR count). The van der Waals surface area contributed by atoms with Crippen molar-refractivity contribution in [1.82, 2.24) is 9.62 Å². The summed E-state index contributed by atoms with van der Waals surface area (Å²) in [6.07, 6.45) is 1.81. The zero-order valence-corrected chi connectivity index (χ0v) is 15.4. The highest BCUT2D eigenvalue weighted by Gasteiger charge is 2.31. The maximum Gasteiger partial charge on any atom is 0.243 e. The number of amides is 1. The molecule has 140 valence electrons. The van der Waals surface area contributed by atoms with Crippen LogP contribution < -0.4 is 15.8 Å². The minimum atomic E-state index is -3.53. The summed E-state index contributed by atoms with van der Waals surface area (Å²) in [6, 6.07) is 6.44. The van der Waals surface area contributed by atoms with Crippen molar-refractivity contribution in [2.24, 2.45) is 11.7 Å². The topological polar surface area (TPSA) is 102 Å². The number of nitrogens with zero attached hydrogens (tertiary/aromatic N) is 1. The Morgan fingerprint density at radius 2 is 1.92 bits per heavy atom. The number of ether oxygens (including phenoxy) is 1. The lowest BCUT2D eigenvalue weighted by molar-refractivity contribution is -0.126. The molecule has 0 aliphatic carbocycles. The first-order valence-electron chi connectivity index (χ1n) is 8.69. The Balaban J connectivity index is 1.93. The Labute approximate surface area is 149 Å². The Bertz CT molecular complexity index is 653. The molecule has 1 aliphatic rings. The van der Waals surface area contributed by atoms with E-state index in [9.17, 15) is 13.2 Å². The van der Waals surface area contributed by atoms with Crippen LogP contribution >= 0.6 is 0 Å². The Morgan fingerprint density at radius 1 is 1.28 bits per heavy atom. The summed E-state index contributed by atoms with van der Waals surface area (Å²) in [5.74, 6) is 0.505. The monoisotopic (exact) mass is 369 g/mol. The van der Waals surface area contributed by atoms with Crippen molar-refractivity contribution < 1.29 is 17.9 Å². The molecule has 0 atom stereocenters. The van der Waals surface area contributed by atoms with Gasteiger partial charge in [-0.05, 0) is 57.0 Å². The van der Waals surface area contributed by atoms with E-state index in [1.54, 1.807) is 24.3 Å². The Morgan fingerprint density at radius 3 is 2.48 bits per heavy atom. The van der Waals surface area contributed by atoms with Gasteiger partial charge < -0.3 is 15.8 Å². The summed E-state index contributed by atoms with van der Waals surface area (Å²) in [4.78, 5) is 12.3. The number of carbonyl (C=O) groups excluding carboxylic acids is 1. The van der Waals surface area contributed by atoms with Gasteiger partial charge in [-0.1, -0.05) is 0 Å². The molecule has 3 N–H and O–H groups in total. The highest BCUT2D eigenvalue weighted by Crippen LogP contribution is 2.25. The van der Waals surface area contributed by atoms with Gasteiger partial charge in [0.15, 0.2) is 0 Å². The average molecular weight is 369 g/mol. The molecule has 1 fully saturated rings. The van der Waals surface area contributed by atoms with E-state index in [4.69, 9.17) is 10.5 Å². The van der Waals surface area contributed by atoms with Gasteiger partial charge in [-0.3, -0.25) is 4.79 Å². The smallest absolute Gasteiger partial charge is 0.243 e. The number of nitrogens with one attached hydrogen (secondary N) is 1. The Hall–Kier alpha value is -1.64. The molecule has 1 saturated heterocycles. The fourth-order valence-electron chi connectivity index (χ4n) is 2.84. The first-order valence-corrected chi connectivity index (χ1v) is 10.1. The third-order valence-electron chi connectivity index (χ3n) is 4.28. The number of benzene rings is 1. The van der Waals surface area contributed by atoms with Gasteiger partial charge in [-0.25, -0.2) is 8.42 Å². The highest BCUT2D eigenvalue weighted by molar-refractivity contribution is 7.89. The molecule has 1 aromatic carbocycles. The molecule has 1 aromatic rings. The van der Waals surface area contributed by atoms with Crippen LogP contribution in [0.5, 0.6) is 5.75 Å². The molecule has 25 heavy (non-hydrogen) atoms. The normalized spacial score (nSPS) is 16.6. The second-order valence-electron chi connectivity index (χ2n) is 6.02. The Kier molecular flexibility index (Phi) is 7.22. The fraction of sp³-hybridized carbons (Fsp3) is 0.588.